The molecule has 0 bridgehead atoms. The molecule has 1 heterocycles. The fourth-order valence-electron chi connectivity index (χ4n) is 4.21. The third-order valence-electron chi connectivity index (χ3n) is 5.63. The van der Waals surface area contributed by atoms with Gasteiger partial charge in [0.1, 0.15) is 0 Å². The molecule has 0 radical (unpaired) electrons. The molecule has 1 saturated carbocycles. The molecule has 1 aliphatic heterocycles. The Labute approximate surface area is 131 Å². The van der Waals surface area contributed by atoms with Crippen molar-refractivity contribution in [3.8, 4) is 0 Å². The molecular weight excluding hydrogens is 260 g/mol. The lowest BCUT2D eigenvalue weighted by Crippen LogP contribution is -2.44. The molecule has 2 fully saturated rings. The first-order chi connectivity index (χ1) is 10.1. The standard InChI is InChI=1S/C18H36N2O/c1-3-19-15-18(10-6-4-5-7-11-18)16-20-13-8-9-17(2,21)12-14-20/h19,21H,3-16H2,1-2H3. The number of likely N-dealkylation sites (tertiary alicyclic amines) is 1. The van der Waals surface area contributed by atoms with Gasteiger partial charge in [-0.05, 0) is 57.5 Å². The van der Waals surface area contributed by atoms with Gasteiger partial charge in [-0.1, -0.05) is 32.6 Å². The summed E-state index contributed by atoms with van der Waals surface area (Å²) in [5.74, 6) is 0. The van der Waals surface area contributed by atoms with Crippen LogP contribution in [0.15, 0.2) is 0 Å². The Bertz CT molecular complexity index is 296. The summed E-state index contributed by atoms with van der Waals surface area (Å²) in [4.78, 5) is 2.64. The Balaban J connectivity index is 1.96. The zero-order valence-electron chi connectivity index (χ0n) is 14.3. The van der Waals surface area contributed by atoms with Crippen LogP contribution in [0.4, 0.5) is 0 Å². The molecule has 2 N–H and O–H groups in total. The van der Waals surface area contributed by atoms with Gasteiger partial charge in [0.15, 0.2) is 0 Å². The quantitative estimate of drug-likeness (QED) is 0.765. The molecule has 0 amide bonds. The molecule has 1 unspecified atom stereocenters. The Morgan fingerprint density at radius 1 is 0.952 bits per heavy atom. The minimum atomic E-state index is -0.437. The first-order valence-electron chi connectivity index (χ1n) is 9.21. The van der Waals surface area contributed by atoms with Crippen molar-refractivity contribution in [2.24, 2.45) is 5.41 Å². The van der Waals surface area contributed by atoms with Gasteiger partial charge in [0, 0.05) is 19.6 Å². The van der Waals surface area contributed by atoms with Crippen LogP contribution >= 0.6 is 0 Å². The average Bonchev–Trinajstić information content (AvgIpc) is 2.77. The minimum Gasteiger partial charge on any atom is -0.390 e. The van der Waals surface area contributed by atoms with Crippen LogP contribution in [0.3, 0.4) is 0 Å². The molecule has 3 nitrogen and oxygen atoms in total. The van der Waals surface area contributed by atoms with E-state index in [9.17, 15) is 5.11 Å². The third kappa shape index (κ3) is 5.54. The average molecular weight is 296 g/mol. The molecule has 0 spiro atoms. The highest BCUT2D eigenvalue weighted by Crippen LogP contribution is 2.36. The number of aliphatic hydroxyl groups is 1. The summed E-state index contributed by atoms with van der Waals surface area (Å²) in [6.07, 6.45) is 11.4. The lowest BCUT2D eigenvalue weighted by molar-refractivity contribution is 0.0420. The van der Waals surface area contributed by atoms with Gasteiger partial charge in [-0.25, -0.2) is 0 Å². The Kier molecular flexibility index (Phi) is 6.51. The molecule has 2 aliphatic rings. The summed E-state index contributed by atoms with van der Waals surface area (Å²) < 4.78 is 0. The van der Waals surface area contributed by atoms with Crippen LogP contribution in [0, 0.1) is 5.41 Å². The molecule has 1 aliphatic carbocycles. The number of hydrogen-bond acceptors (Lipinski definition) is 3. The van der Waals surface area contributed by atoms with Crippen LogP contribution in [0.1, 0.15) is 71.6 Å². The van der Waals surface area contributed by atoms with Crippen molar-refractivity contribution in [3.05, 3.63) is 0 Å². The normalized spacial score (nSPS) is 31.6. The summed E-state index contributed by atoms with van der Waals surface area (Å²) in [6.45, 7) is 9.96. The Hall–Kier alpha value is -0.120. The second kappa shape index (κ2) is 7.94. The third-order valence-corrected chi connectivity index (χ3v) is 5.63. The topological polar surface area (TPSA) is 35.5 Å². The lowest BCUT2D eigenvalue weighted by Gasteiger charge is -2.38. The van der Waals surface area contributed by atoms with Gasteiger partial charge in [-0.15, -0.1) is 0 Å². The number of nitrogens with one attached hydrogen (secondary N) is 1. The number of rotatable bonds is 5. The van der Waals surface area contributed by atoms with Gasteiger partial charge in [0.25, 0.3) is 0 Å². The van der Waals surface area contributed by atoms with Crippen molar-refractivity contribution in [2.75, 3.05) is 32.7 Å². The van der Waals surface area contributed by atoms with Crippen molar-refractivity contribution in [2.45, 2.75) is 77.2 Å². The maximum absolute atomic E-state index is 10.3. The van der Waals surface area contributed by atoms with E-state index >= 15 is 0 Å². The van der Waals surface area contributed by atoms with E-state index in [0.29, 0.717) is 5.41 Å². The van der Waals surface area contributed by atoms with Crippen molar-refractivity contribution in [1.29, 1.82) is 0 Å². The Morgan fingerprint density at radius 2 is 1.67 bits per heavy atom. The van der Waals surface area contributed by atoms with E-state index in [1.54, 1.807) is 0 Å². The highest BCUT2D eigenvalue weighted by atomic mass is 16.3. The van der Waals surface area contributed by atoms with Gasteiger partial charge in [0.2, 0.25) is 0 Å². The summed E-state index contributed by atoms with van der Waals surface area (Å²) in [6, 6.07) is 0. The Morgan fingerprint density at radius 3 is 2.33 bits per heavy atom. The van der Waals surface area contributed by atoms with E-state index < -0.39 is 5.60 Å². The zero-order valence-corrected chi connectivity index (χ0v) is 14.3. The first kappa shape index (κ1) is 17.2. The van der Waals surface area contributed by atoms with E-state index in [1.807, 2.05) is 6.92 Å². The van der Waals surface area contributed by atoms with Gasteiger partial charge in [0.05, 0.1) is 5.60 Å². The largest absolute Gasteiger partial charge is 0.390 e. The lowest BCUT2D eigenvalue weighted by atomic mass is 9.79. The fourth-order valence-corrected chi connectivity index (χ4v) is 4.21. The van der Waals surface area contributed by atoms with E-state index in [0.717, 1.165) is 32.4 Å². The van der Waals surface area contributed by atoms with Crippen LogP contribution in [-0.2, 0) is 0 Å². The van der Waals surface area contributed by atoms with Crippen molar-refractivity contribution < 1.29 is 5.11 Å². The molecule has 0 aromatic heterocycles. The summed E-state index contributed by atoms with van der Waals surface area (Å²) >= 11 is 0. The van der Waals surface area contributed by atoms with Crippen LogP contribution in [0.2, 0.25) is 0 Å². The fraction of sp³-hybridized carbons (Fsp3) is 1.00. The molecule has 0 aromatic rings. The molecular formula is C18H36N2O. The van der Waals surface area contributed by atoms with Crippen molar-refractivity contribution in [1.82, 2.24) is 10.2 Å². The van der Waals surface area contributed by atoms with Gasteiger partial charge in [-0.3, -0.25) is 0 Å². The van der Waals surface area contributed by atoms with E-state index in [4.69, 9.17) is 0 Å². The summed E-state index contributed by atoms with van der Waals surface area (Å²) in [5, 5.41) is 13.9. The second-order valence-electron chi connectivity index (χ2n) is 7.82. The van der Waals surface area contributed by atoms with Crippen molar-refractivity contribution in [3.63, 3.8) is 0 Å². The van der Waals surface area contributed by atoms with E-state index in [2.05, 4.69) is 17.1 Å². The first-order valence-corrected chi connectivity index (χ1v) is 9.21. The minimum absolute atomic E-state index is 0.437. The maximum Gasteiger partial charge on any atom is 0.0632 e. The highest BCUT2D eigenvalue weighted by molar-refractivity contribution is 4.89. The van der Waals surface area contributed by atoms with Gasteiger partial charge >= 0.3 is 0 Å². The zero-order chi connectivity index (χ0) is 15.2. The van der Waals surface area contributed by atoms with Crippen LogP contribution in [0.25, 0.3) is 0 Å². The predicted molar refractivity (Wildman–Crippen MR) is 89.6 cm³/mol. The SMILES string of the molecule is CCNCC1(CN2CCCC(C)(O)CC2)CCCCCC1. The number of hydrogen-bond donors (Lipinski definition) is 2. The molecule has 2 rings (SSSR count). The van der Waals surface area contributed by atoms with Crippen LogP contribution in [0.5, 0.6) is 0 Å². The molecule has 124 valence electrons. The summed E-state index contributed by atoms with van der Waals surface area (Å²) in [7, 11) is 0. The molecule has 1 atom stereocenters. The van der Waals surface area contributed by atoms with Crippen LogP contribution < -0.4 is 5.32 Å². The monoisotopic (exact) mass is 296 g/mol. The molecule has 0 aromatic carbocycles. The molecule has 21 heavy (non-hydrogen) atoms. The van der Waals surface area contributed by atoms with E-state index in [1.165, 1.54) is 58.2 Å². The number of nitrogens with zero attached hydrogens (tertiary/aromatic N) is 1. The summed E-state index contributed by atoms with van der Waals surface area (Å²) in [5.41, 5.74) is 0.0374. The predicted octanol–water partition coefficient (Wildman–Crippen LogP) is 3.17. The smallest absolute Gasteiger partial charge is 0.0632 e. The van der Waals surface area contributed by atoms with Crippen LogP contribution in [-0.4, -0.2) is 48.3 Å². The van der Waals surface area contributed by atoms with Gasteiger partial charge in [-0.2, -0.15) is 0 Å². The second-order valence-corrected chi connectivity index (χ2v) is 7.82. The maximum atomic E-state index is 10.3. The van der Waals surface area contributed by atoms with Crippen molar-refractivity contribution >= 4 is 0 Å². The molecule has 3 heteroatoms. The highest BCUT2D eigenvalue weighted by Gasteiger charge is 2.34. The van der Waals surface area contributed by atoms with Gasteiger partial charge < -0.3 is 15.3 Å². The molecule has 1 saturated heterocycles. The van der Waals surface area contributed by atoms with E-state index in [-0.39, 0.29) is 0 Å².